The van der Waals surface area contributed by atoms with E-state index in [0.29, 0.717) is 5.92 Å². The molecule has 0 aliphatic carbocycles. The van der Waals surface area contributed by atoms with E-state index in [2.05, 4.69) is 18.8 Å². The number of rotatable bonds is 6. The van der Waals surface area contributed by atoms with Crippen LogP contribution >= 0.6 is 0 Å². The molecule has 0 saturated carbocycles. The van der Waals surface area contributed by atoms with Gasteiger partial charge in [0.1, 0.15) is 5.75 Å². The lowest BCUT2D eigenvalue weighted by Crippen LogP contribution is -2.14. The van der Waals surface area contributed by atoms with Crippen molar-refractivity contribution in [3.05, 3.63) is 29.8 Å². The average Bonchev–Trinajstić information content (AvgIpc) is 2.36. The maximum Gasteiger partial charge on any atom is 0.124 e. The van der Waals surface area contributed by atoms with E-state index >= 15 is 0 Å². The van der Waals surface area contributed by atoms with E-state index in [9.17, 15) is 0 Å². The highest BCUT2D eigenvalue weighted by molar-refractivity contribution is 5.80. The van der Waals surface area contributed by atoms with Gasteiger partial charge in [0.05, 0.1) is 19.0 Å². The van der Waals surface area contributed by atoms with E-state index in [1.807, 2.05) is 31.2 Å². The Morgan fingerprint density at radius 3 is 2.56 bits per heavy atom. The summed E-state index contributed by atoms with van der Waals surface area (Å²) in [6, 6.07) is 7.97. The van der Waals surface area contributed by atoms with E-state index in [4.69, 9.17) is 10.5 Å². The monoisotopic (exact) mass is 248 g/mol. The molecule has 100 valence electrons. The number of para-hydroxylation sites is 1. The third-order valence-corrected chi connectivity index (χ3v) is 2.93. The Morgan fingerprint density at radius 2 is 1.94 bits per heavy atom. The van der Waals surface area contributed by atoms with Crippen LogP contribution in [0.25, 0.3) is 0 Å². The van der Waals surface area contributed by atoms with Gasteiger partial charge in [0.15, 0.2) is 0 Å². The average molecular weight is 248 g/mol. The number of hydrogen-bond donors (Lipinski definition) is 1. The predicted molar refractivity (Wildman–Crippen MR) is 77.1 cm³/mol. The quantitative estimate of drug-likeness (QED) is 0.618. The Hall–Kier alpha value is -1.51. The molecule has 0 heterocycles. The molecule has 3 nitrogen and oxygen atoms in total. The molecule has 0 saturated heterocycles. The fourth-order valence-electron chi connectivity index (χ4n) is 1.83. The zero-order chi connectivity index (χ0) is 13.5. The first-order chi connectivity index (χ1) is 8.54. The summed E-state index contributed by atoms with van der Waals surface area (Å²) in [5.41, 5.74) is 7.04. The normalized spacial score (nSPS) is 13.7. The van der Waals surface area contributed by atoms with E-state index in [1.54, 1.807) is 7.11 Å². The third kappa shape index (κ3) is 4.40. The van der Waals surface area contributed by atoms with Gasteiger partial charge in [0, 0.05) is 12.0 Å². The summed E-state index contributed by atoms with van der Waals surface area (Å²) in [7, 11) is 1.68. The number of methoxy groups -OCH3 is 1. The highest BCUT2D eigenvalue weighted by Gasteiger charge is 2.10. The number of nitrogens with zero attached hydrogens (tertiary/aromatic N) is 1. The molecule has 1 aromatic carbocycles. The fourth-order valence-corrected chi connectivity index (χ4v) is 1.83. The largest absolute Gasteiger partial charge is 0.496 e. The lowest BCUT2D eigenvalue weighted by molar-refractivity contribution is 0.407. The maximum atomic E-state index is 5.96. The SMILES string of the molecule is COc1ccccc1[C@@H](C)N=C(N)CCC(C)C. The molecule has 1 atom stereocenters. The molecule has 2 N–H and O–H groups in total. The Labute approximate surface area is 110 Å². The van der Waals surface area contributed by atoms with Crippen molar-refractivity contribution in [1.82, 2.24) is 0 Å². The van der Waals surface area contributed by atoms with Crippen molar-refractivity contribution in [1.29, 1.82) is 0 Å². The molecule has 0 fully saturated rings. The highest BCUT2D eigenvalue weighted by Crippen LogP contribution is 2.27. The van der Waals surface area contributed by atoms with Crippen LogP contribution in [0.2, 0.25) is 0 Å². The molecule has 0 amide bonds. The summed E-state index contributed by atoms with van der Waals surface area (Å²) in [6.07, 6.45) is 1.94. The van der Waals surface area contributed by atoms with Crippen molar-refractivity contribution >= 4 is 5.84 Å². The van der Waals surface area contributed by atoms with Crippen molar-refractivity contribution in [2.24, 2.45) is 16.6 Å². The topological polar surface area (TPSA) is 47.6 Å². The van der Waals surface area contributed by atoms with Crippen molar-refractivity contribution in [3.8, 4) is 5.75 Å². The van der Waals surface area contributed by atoms with Gasteiger partial charge in [-0.15, -0.1) is 0 Å². The smallest absolute Gasteiger partial charge is 0.124 e. The van der Waals surface area contributed by atoms with Crippen LogP contribution in [0, 0.1) is 5.92 Å². The lowest BCUT2D eigenvalue weighted by Gasteiger charge is -2.13. The highest BCUT2D eigenvalue weighted by atomic mass is 16.5. The molecule has 0 bridgehead atoms. The van der Waals surface area contributed by atoms with Crippen LogP contribution in [0.3, 0.4) is 0 Å². The van der Waals surface area contributed by atoms with Crippen LogP contribution in [-0.4, -0.2) is 12.9 Å². The molecule has 0 aliphatic rings. The van der Waals surface area contributed by atoms with Crippen molar-refractivity contribution < 1.29 is 4.74 Å². The molecule has 0 aromatic heterocycles. The summed E-state index contributed by atoms with van der Waals surface area (Å²) in [4.78, 5) is 4.54. The minimum absolute atomic E-state index is 0.0355. The van der Waals surface area contributed by atoms with E-state index in [1.165, 1.54) is 0 Å². The fraction of sp³-hybridized carbons (Fsp3) is 0.533. The van der Waals surface area contributed by atoms with Gasteiger partial charge in [-0.2, -0.15) is 0 Å². The second kappa shape index (κ2) is 7.04. The third-order valence-electron chi connectivity index (χ3n) is 2.93. The second-order valence-corrected chi connectivity index (χ2v) is 4.97. The molecule has 0 radical (unpaired) electrons. The van der Waals surface area contributed by atoms with Gasteiger partial charge in [-0.1, -0.05) is 32.0 Å². The Bertz CT molecular complexity index is 399. The van der Waals surface area contributed by atoms with Crippen molar-refractivity contribution in [2.75, 3.05) is 7.11 Å². The van der Waals surface area contributed by atoms with Gasteiger partial charge < -0.3 is 10.5 Å². The first kappa shape index (κ1) is 14.6. The van der Waals surface area contributed by atoms with Crippen LogP contribution in [0.1, 0.15) is 45.2 Å². The minimum atomic E-state index is 0.0355. The predicted octanol–water partition coefficient (Wildman–Crippen LogP) is 3.55. The molecular formula is C15H24N2O. The number of benzene rings is 1. The zero-order valence-electron chi connectivity index (χ0n) is 11.8. The number of hydrogen-bond acceptors (Lipinski definition) is 2. The molecule has 3 heteroatoms. The molecule has 1 rings (SSSR count). The van der Waals surface area contributed by atoms with Gasteiger partial charge in [0.25, 0.3) is 0 Å². The molecule has 18 heavy (non-hydrogen) atoms. The molecular weight excluding hydrogens is 224 g/mol. The summed E-state index contributed by atoms with van der Waals surface area (Å²) < 4.78 is 5.34. The summed E-state index contributed by atoms with van der Waals surface area (Å²) in [5.74, 6) is 2.24. The molecule has 1 aromatic rings. The summed E-state index contributed by atoms with van der Waals surface area (Å²) >= 11 is 0. The number of nitrogens with two attached hydrogens (primary N) is 1. The van der Waals surface area contributed by atoms with E-state index in [-0.39, 0.29) is 6.04 Å². The Morgan fingerprint density at radius 1 is 1.28 bits per heavy atom. The number of aliphatic imine (C=N–C) groups is 1. The van der Waals surface area contributed by atoms with Gasteiger partial charge in [-0.25, -0.2) is 0 Å². The molecule has 0 unspecified atom stereocenters. The van der Waals surface area contributed by atoms with Crippen LogP contribution in [0.15, 0.2) is 29.3 Å². The lowest BCUT2D eigenvalue weighted by atomic mass is 10.1. The zero-order valence-corrected chi connectivity index (χ0v) is 11.8. The summed E-state index contributed by atoms with van der Waals surface area (Å²) in [5, 5.41) is 0. The van der Waals surface area contributed by atoms with Gasteiger partial charge in [0.2, 0.25) is 0 Å². The van der Waals surface area contributed by atoms with Gasteiger partial charge in [-0.05, 0) is 25.3 Å². The standard InChI is InChI=1S/C15H24N2O/c1-11(2)9-10-15(16)17-12(3)13-7-5-6-8-14(13)18-4/h5-8,11-12H,9-10H2,1-4H3,(H2,16,17)/t12-/m1/s1. The van der Waals surface area contributed by atoms with Crippen molar-refractivity contribution in [2.45, 2.75) is 39.7 Å². The van der Waals surface area contributed by atoms with Crippen LogP contribution in [0.4, 0.5) is 0 Å². The van der Waals surface area contributed by atoms with Crippen molar-refractivity contribution in [3.63, 3.8) is 0 Å². The first-order valence-corrected chi connectivity index (χ1v) is 6.49. The molecule has 0 spiro atoms. The first-order valence-electron chi connectivity index (χ1n) is 6.49. The minimum Gasteiger partial charge on any atom is -0.496 e. The summed E-state index contributed by atoms with van der Waals surface area (Å²) in [6.45, 7) is 6.42. The van der Waals surface area contributed by atoms with E-state index in [0.717, 1.165) is 30.0 Å². The Kier molecular flexibility index (Phi) is 5.69. The van der Waals surface area contributed by atoms with Crippen LogP contribution in [-0.2, 0) is 0 Å². The van der Waals surface area contributed by atoms with Gasteiger partial charge >= 0.3 is 0 Å². The number of ether oxygens (including phenoxy) is 1. The Balaban J connectivity index is 2.74. The maximum absolute atomic E-state index is 5.96. The van der Waals surface area contributed by atoms with Crippen LogP contribution < -0.4 is 10.5 Å². The van der Waals surface area contributed by atoms with Gasteiger partial charge in [-0.3, -0.25) is 4.99 Å². The second-order valence-electron chi connectivity index (χ2n) is 4.97. The number of amidine groups is 1. The molecule has 0 aliphatic heterocycles. The van der Waals surface area contributed by atoms with E-state index < -0.39 is 0 Å². The van der Waals surface area contributed by atoms with Crippen LogP contribution in [0.5, 0.6) is 5.75 Å².